The molecule has 0 aromatic carbocycles. The first-order valence-corrected chi connectivity index (χ1v) is 5.02. The molecule has 0 fully saturated rings. The van der Waals surface area contributed by atoms with E-state index in [1.165, 1.54) is 12.8 Å². The molecule has 12 heavy (non-hydrogen) atoms. The molecular formula is C12H20. The van der Waals surface area contributed by atoms with E-state index in [9.17, 15) is 0 Å². The van der Waals surface area contributed by atoms with Gasteiger partial charge >= 0.3 is 0 Å². The number of rotatable bonds is 2. The Bertz CT molecular complexity index is 206. The largest absolute Gasteiger partial charge is 0.0699 e. The maximum atomic E-state index is 2.31. The van der Waals surface area contributed by atoms with Crippen molar-refractivity contribution < 1.29 is 0 Å². The van der Waals surface area contributed by atoms with Crippen molar-refractivity contribution in [2.75, 3.05) is 0 Å². The molecule has 0 aliphatic heterocycles. The van der Waals surface area contributed by atoms with Gasteiger partial charge in [-0.3, -0.25) is 0 Å². The van der Waals surface area contributed by atoms with Gasteiger partial charge in [0.2, 0.25) is 0 Å². The lowest BCUT2D eigenvalue weighted by Crippen LogP contribution is -2.09. The fourth-order valence-electron chi connectivity index (χ4n) is 1.78. The lowest BCUT2D eigenvalue weighted by atomic mass is 9.82. The average Bonchev–Trinajstić information content (AvgIpc) is 2.05. The molecule has 68 valence electrons. The topological polar surface area (TPSA) is 0 Å². The molecule has 0 heterocycles. The van der Waals surface area contributed by atoms with E-state index in [1.54, 1.807) is 11.1 Å². The normalized spacial score (nSPS) is 23.9. The van der Waals surface area contributed by atoms with Crippen LogP contribution in [0.2, 0.25) is 0 Å². The second-order valence-electron chi connectivity index (χ2n) is 4.12. The smallest absolute Gasteiger partial charge is 0.0168 e. The van der Waals surface area contributed by atoms with Crippen molar-refractivity contribution in [2.45, 2.75) is 40.5 Å². The zero-order valence-corrected chi connectivity index (χ0v) is 8.72. The molecule has 0 heteroatoms. The minimum Gasteiger partial charge on any atom is -0.0699 e. The van der Waals surface area contributed by atoms with Crippen LogP contribution in [0.3, 0.4) is 0 Å². The van der Waals surface area contributed by atoms with Crippen LogP contribution >= 0.6 is 0 Å². The fraction of sp³-hybridized carbons (Fsp3) is 0.667. The minimum absolute atomic E-state index is 0.725. The standard InChI is InChI=1S/C12H20/c1-5-11-8-12(9(2)3)7-6-10(11)4/h6-7,9,11H,5,8H2,1-4H3. The van der Waals surface area contributed by atoms with Gasteiger partial charge in [-0.1, -0.05) is 44.1 Å². The van der Waals surface area contributed by atoms with Gasteiger partial charge in [0.1, 0.15) is 0 Å². The van der Waals surface area contributed by atoms with E-state index in [0.717, 1.165) is 11.8 Å². The van der Waals surface area contributed by atoms with Gasteiger partial charge in [0.25, 0.3) is 0 Å². The zero-order valence-electron chi connectivity index (χ0n) is 8.72. The predicted molar refractivity (Wildman–Crippen MR) is 55.1 cm³/mol. The second-order valence-corrected chi connectivity index (χ2v) is 4.12. The van der Waals surface area contributed by atoms with Crippen molar-refractivity contribution >= 4 is 0 Å². The van der Waals surface area contributed by atoms with Crippen molar-refractivity contribution in [2.24, 2.45) is 11.8 Å². The summed E-state index contributed by atoms with van der Waals surface area (Å²) in [5, 5.41) is 0. The van der Waals surface area contributed by atoms with Crippen LogP contribution < -0.4 is 0 Å². The van der Waals surface area contributed by atoms with E-state index < -0.39 is 0 Å². The van der Waals surface area contributed by atoms with Crippen LogP contribution in [0.25, 0.3) is 0 Å². The van der Waals surface area contributed by atoms with Crippen LogP contribution in [0.15, 0.2) is 23.3 Å². The van der Waals surface area contributed by atoms with Gasteiger partial charge in [0.05, 0.1) is 0 Å². The highest BCUT2D eigenvalue weighted by atomic mass is 14.2. The molecule has 0 amide bonds. The Labute approximate surface area is 76.4 Å². The van der Waals surface area contributed by atoms with Crippen LogP contribution in [-0.2, 0) is 0 Å². The molecule has 0 nitrogen and oxygen atoms in total. The van der Waals surface area contributed by atoms with Gasteiger partial charge in [-0.25, -0.2) is 0 Å². The van der Waals surface area contributed by atoms with Gasteiger partial charge in [0.15, 0.2) is 0 Å². The van der Waals surface area contributed by atoms with Gasteiger partial charge in [0, 0.05) is 0 Å². The zero-order chi connectivity index (χ0) is 9.14. The minimum atomic E-state index is 0.725. The van der Waals surface area contributed by atoms with E-state index in [-0.39, 0.29) is 0 Å². The lowest BCUT2D eigenvalue weighted by molar-refractivity contribution is 0.541. The monoisotopic (exact) mass is 164 g/mol. The highest BCUT2D eigenvalue weighted by Crippen LogP contribution is 2.30. The van der Waals surface area contributed by atoms with E-state index in [0.29, 0.717) is 0 Å². The molecule has 0 saturated carbocycles. The Morgan fingerprint density at radius 2 is 2.08 bits per heavy atom. The van der Waals surface area contributed by atoms with Gasteiger partial charge in [-0.05, 0) is 31.6 Å². The summed E-state index contributed by atoms with van der Waals surface area (Å²) in [6.07, 6.45) is 7.18. The van der Waals surface area contributed by atoms with Crippen LogP contribution in [0, 0.1) is 11.8 Å². The third kappa shape index (κ3) is 2.00. The van der Waals surface area contributed by atoms with Crippen molar-refractivity contribution in [1.29, 1.82) is 0 Å². The first kappa shape index (κ1) is 9.57. The Morgan fingerprint density at radius 3 is 2.58 bits per heavy atom. The maximum absolute atomic E-state index is 2.31. The van der Waals surface area contributed by atoms with E-state index in [4.69, 9.17) is 0 Å². The first-order valence-electron chi connectivity index (χ1n) is 5.02. The molecule has 0 N–H and O–H groups in total. The van der Waals surface area contributed by atoms with Crippen LogP contribution in [0.5, 0.6) is 0 Å². The highest BCUT2D eigenvalue weighted by molar-refractivity contribution is 5.26. The van der Waals surface area contributed by atoms with Crippen molar-refractivity contribution in [1.82, 2.24) is 0 Å². The SMILES string of the molecule is CCC1CC(C(C)C)=CC=C1C. The summed E-state index contributed by atoms with van der Waals surface area (Å²) in [7, 11) is 0. The van der Waals surface area contributed by atoms with E-state index >= 15 is 0 Å². The summed E-state index contributed by atoms with van der Waals surface area (Å²) < 4.78 is 0. The molecule has 0 aromatic heterocycles. The van der Waals surface area contributed by atoms with Crippen molar-refractivity contribution in [3.05, 3.63) is 23.3 Å². The van der Waals surface area contributed by atoms with Crippen LogP contribution in [0.4, 0.5) is 0 Å². The highest BCUT2D eigenvalue weighted by Gasteiger charge is 2.15. The number of allylic oxidation sites excluding steroid dienone is 4. The summed E-state index contributed by atoms with van der Waals surface area (Å²) in [4.78, 5) is 0. The van der Waals surface area contributed by atoms with Crippen molar-refractivity contribution in [3.8, 4) is 0 Å². The lowest BCUT2D eigenvalue weighted by Gasteiger charge is -2.23. The average molecular weight is 164 g/mol. The quantitative estimate of drug-likeness (QED) is 0.580. The third-order valence-electron chi connectivity index (χ3n) is 2.92. The molecule has 0 bridgehead atoms. The molecule has 0 saturated heterocycles. The molecule has 1 atom stereocenters. The van der Waals surface area contributed by atoms with Gasteiger partial charge in [-0.15, -0.1) is 0 Å². The van der Waals surface area contributed by atoms with E-state index in [1.807, 2.05) is 0 Å². The summed E-state index contributed by atoms with van der Waals surface area (Å²) in [6.45, 7) is 9.10. The Hall–Kier alpha value is -0.520. The predicted octanol–water partition coefficient (Wildman–Crippen LogP) is 3.95. The van der Waals surface area contributed by atoms with Crippen LogP contribution in [-0.4, -0.2) is 0 Å². The Balaban J connectivity index is 2.72. The Kier molecular flexibility index (Phi) is 3.13. The van der Waals surface area contributed by atoms with Crippen LogP contribution in [0.1, 0.15) is 40.5 Å². The summed E-state index contributed by atoms with van der Waals surface area (Å²) in [6, 6.07) is 0. The molecule has 1 unspecified atom stereocenters. The summed E-state index contributed by atoms with van der Waals surface area (Å²) in [5.41, 5.74) is 3.18. The molecular weight excluding hydrogens is 144 g/mol. The van der Waals surface area contributed by atoms with Gasteiger partial charge in [-0.2, -0.15) is 0 Å². The molecule has 0 spiro atoms. The second kappa shape index (κ2) is 3.93. The molecule has 0 aromatic rings. The van der Waals surface area contributed by atoms with E-state index in [2.05, 4.69) is 39.8 Å². The summed E-state index contributed by atoms with van der Waals surface area (Å²) in [5.74, 6) is 1.54. The van der Waals surface area contributed by atoms with Gasteiger partial charge < -0.3 is 0 Å². The first-order chi connectivity index (χ1) is 5.65. The molecule has 0 radical (unpaired) electrons. The molecule has 1 rings (SSSR count). The van der Waals surface area contributed by atoms with Crippen molar-refractivity contribution in [3.63, 3.8) is 0 Å². The molecule has 1 aliphatic carbocycles. The molecule has 1 aliphatic rings. The fourth-order valence-corrected chi connectivity index (χ4v) is 1.78. The number of hydrogen-bond acceptors (Lipinski definition) is 0. The Morgan fingerprint density at radius 1 is 1.42 bits per heavy atom. The number of hydrogen-bond donors (Lipinski definition) is 0. The maximum Gasteiger partial charge on any atom is -0.0168 e. The third-order valence-corrected chi connectivity index (χ3v) is 2.92. The summed E-state index contributed by atoms with van der Waals surface area (Å²) >= 11 is 0.